The molecule has 1 unspecified atom stereocenters. The van der Waals surface area contributed by atoms with Gasteiger partial charge in [-0.05, 0) is 51.5 Å². The number of thiazole rings is 1. The number of hydrogen-bond donors (Lipinski definition) is 1. The van der Waals surface area contributed by atoms with E-state index in [1.807, 2.05) is 6.92 Å². The van der Waals surface area contributed by atoms with Crippen LogP contribution in [0, 0.1) is 24.0 Å². The summed E-state index contributed by atoms with van der Waals surface area (Å²) in [4.78, 5) is 42.5. The van der Waals surface area contributed by atoms with Crippen molar-refractivity contribution in [3.8, 4) is 5.75 Å². The molecular weight excluding hydrogens is 470 g/mol. The van der Waals surface area contributed by atoms with Crippen LogP contribution in [0.15, 0.2) is 57.5 Å². The van der Waals surface area contributed by atoms with E-state index in [1.165, 1.54) is 10.6 Å². The van der Waals surface area contributed by atoms with Crippen molar-refractivity contribution in [1.82, 2.24) is 4.57 Å². The summed E-state index contributed by atoms with van der Waals surface area (Å²) in [7, 11) is 0. The number of fused-ring (bicyclic) bond motifs is 1. The van der Waals surface area contributed by atoms with Crippen LogP contribution >= 0.6 is 11.3 Å². The molecule has 0 aliphatic carbocycles. The van der Waals surface area contributed by atoms with Crippen LogP contribution in [0.4, 0.5) is 5.69 Å². The highest BCUT2D eigenvalue weighted by Gasteiger charge is 2.34. The number of esters is 1. The Balaban J connectivity index is 2.01. The Morgan fingerprint density at radius 1 is 1.26 bits per heavy atom. The Kier molecular flexibility index (Phi) is 6.40. The highest BCUT2D eigenvalue weighted by molar-refractivity contribution is 7.07. The Morgan fingerprint density at radius 2 is 2.00 bits per heavy atom. The van der Waals surface area contributed by atoms with Gasteiger partial charge in [0.1, 0.15) is 5.75 Å². The summed E-state index contributed by atoms with van der Waals surface area (Å²) in [6.45, 7) is 6.93. The predicted octanol–water partition coefficient (Wildman–Crippen LogP) is 3.03. The number of nitrogens with zero attached hydrogens (tertiary/aromatic N) is 3. The number of hydrogen-bond acceptors (Lipinski definition) is 8. The fraction of sp³-hybridized carbons (Fsp3) is 0.240. The quantitative estimate of drug-likeness (QED) is 0.331. The monoisotopic (exact) mass is 493 g/mol. The van der Waals surface area contributed by atoms with Gasteiger partial charge in [0.25, 0.3) is 11.2 Å². The van der Waals surface area contributed by atoms with E-state index in [0.717, 1.165) is 16.9 Å². The SMILES string of the molecule is CCOC(=O)C1=C(C)N=c2sc(=Cc3cc(C)ccc3O)c(=O)n2C1c1ccc(C)c([N+](=O)[O-])c1. The first-order valence-electron chi connectivity index (χ1n) is 10.9. The van der Waals surface area contributed by atoms with Gasteiger partial charge in [-0.15, -0.1) is 0 Å². The van der Waals surface area contributed by atoms with Gasteiger partial charge >= 0.3 is 5.97 Å². The third kappa shape index (κ3) is 4.40. The van der Waals surface area contributed by atoms with Gasteiger partial charge in [-0.25, -0.2) is 9.79 Å². The first-order chi connectivity index (χ1) is 16.6. The largest absolute Gasteiger partial charge is 0.507 e. The van der Waals surface area contributed by atoms with Crippen molar-refractivity contribution in [2.45, 2.75) is 33.7 Å². The van der Waals surface area contributed by atoms with E-state index in [4.69, 9.17) is 4.74 Å². The molecule has 0 amide bonds. The predicted molar refractivity (Wildman–Crippen MR) is 131 cm³/mol. The molecule has 2 heterocycles. The van der Waals surface area contributed by atoms with Gasteiger partial charge < -0.3 is 9.84 Å². The lowest BCUT2D eigenvalue weighted by molar-refractivity contribution is -0.385. The molecule has 10 heteroatoms. The molecule has 2 aromatic carbocycles. The average Bonchev–Trinajstić information content (AvgIpc) is 3.10. The van der Waals surface area contributed by atoms with E-state index in [2.05, 4.69) is 4.99 Å². The summed E-state index contributed by atoms with van der Waals surface area (Å²) < 4.78 is 6.91. The molecule has 1 N–H and O–H groups in total. The number of rotatable bonds is 5. The topological polar surface area (TPSA) is 124 Å². The molecule has 1 aromatic heterocycles. The number of nitro benzene ring substituents is 1. The number of carbonyl (C=O) groups excluding carboxylic acids is 1. The minimum Gasteiger partial charge on any atom is -0.507 e. The maximum absolute atomic E-state index is 13.6. The summed E-state index contributed by atoms with van der Waals surface area (Å²) in [6, 6.07) is 8.73. The number of allylic oxidation sites excluding steroid dienone is 1. The van der Waals surface area contributed by atoms with Crippen LogP contribution in [0.5, 0.6) is 5.75 Å². The lowest BCUT2D eigenvalue weighted by Gasteiger charge is -2.24. The van der Waals surface area contributed by atoms with E-state index in [0.29, 0.717) is 31.7 Å². The van der Waals surface area contributed by atoms with Crippen LogP contribution in [-0.2, 0) is 9.53 Å². The smallest absolute Gasteiger partial charge is 0.338 e. The van der Waals surface area contributed by atoms with Gasteiger partial charge in [-0.3, -0.25) is 19.5 Å². The Bertz CT molecular complexity index is 1580. The Hall–Kier alpha value is -4.05. The van der Waals surface area contributed by atoms with Crippen LogP contribution < -0.4 is 14.9 Å². The fourth-order valence-corrected chi connectivity index (χ4v) is 5.07. The molecule has 0 bridgehead atoms. The van der Waals surface area contributed by atoms with Gasteiger partial charge in [0, 0.05) is 17.2 Å². The maximum Gasteiger partial charge on any atom is 0.338 e. The number of aromatic nitrogens is 1. The van der Waals surface area contributed by atoms with Crippen molar-refractivity contribution in [2.75, 3.05) is 6.61 Å². The molecule has 3 aromatic rings. The number of aryl methyl sites for hydroxylation is 2. The van der Waals surface area contributed by atoms with Crippen molar-refractivity contribution >= 4 is 29.1 Å². The van der Waals surface area contributed by atoms with E-state index in [9.17, 15) is 24.8 Å². The number of phenolic OH excluding ortho intramolecular Hbond substituents is 1. The number of carbonyl (C=O) groups is 1. The normalized spacial score (nSPS) is 15.5. The van der Waals surface area contributed by atoms with E-state index in [-0.39, 0.29) is 23.6 Å². The minimum atomic E-state index is -0.960. The van der Waals surface area contributed by atoms with Crippen LogP contribution in [0.1, 0.15) is 42.1 Å². The molecule has 0 radical (unpaired) electrons. The molecule has 4 rings (SSSR count). The van der Waals surface area contributed by atoms with E-state index < -0.39 is 22.5 Å². The summed E-state index contributed by atoms with van der Waals surface area (Å²) in [5.74, 6) is -0.622. The molecule has 35 heavy (non-hydrogen) atoms. The lowest BCUT2D eigenvalue weighted by Crippen LogP contribution is -2.40. The molecule has 1 aliphatic heterocycles. The second kappa shape index (κ2) is 9.30. The first kappa shape index (κ1) is 24.1. The second-order valence-corrected chi connectivity index (χ2v) is 9.18. The van der Waals surface area contributed by atoms with E-state index >= 15 is 0 Å². The van der Waals surface area contributed by atoms with Gasteiger partial charge in [0.15, 0.2) is 4.80 Å². The van der Waals surface area contributed by atoms with Crippen molar-refractivity contribution < 1.29 is 19.6 Å². The van der Waals surface area contributed by atoms with E-state index in [1.54, 1.807) is 57.2 Å². The third-order valence-electron chi connectivity index (χ3n) is 5.73. The van der Waals surface area contributed by atoms with Crippen LogP contribution in [0.2, 0.25) is 0 Å². The molecule has 1 aliphatic rings. The zero-order valence-corrected chi connectivity index (χ0v) is 20.4. The summed E-state index contributed by atoms with van der Waals surface area (Å²) >= 11 is 1.11. The lowest BCUT2D eigenvalue weighted by atomic mass is 9.94. The minimum absolute atomic E-state index is 0.0236. The van der Waals surface area contributed by atoms with Gasteiger partial charge in [0.2, 0.25) is 0 Å². The Morgan fingerprint density at radius 3 is 2.69 bits per heavy atom. The molecule has 0 spiro atoms. The number of phenols is 1. The van der Waals surface area contributed by atoms with Crippen molar-refractivity contribution in [3.05, 3.63) is 99.7 Å². The van der Waals surface area contributed by atoms with Crippen LogP contribution in [-0.4, -0.2) is 27.2 Å². The van der Waals surface area contributed by atoms with Gasteiger partial charge in [0.05, 0.1) is 33.4 Å². The van der Waals surface area contributed by atoms with Crippen molar-refractivity contribution in [3.63, 3.8) is 0 Å². The molecule has 1 atom stereocenters. The average molecular weight is 494 g/mol. The zero-order chi connectivity index (χ0) is 25.4. The number of aromatic hydroxyl groups is 1. The second-order valence-electron chi connectivity index (χ2n) is 8.17. The molecular formula is C25H23N3O6S. The summed E-state index contributed by atoms with van der Waals surface area (Å²) in [6.07, 6.45) is 1.57. The molecule has 9 nitrogen and oxygen atoms in total. The number of ether oxygens (including phenoxy) is 1. The standard InChI is InChI=1S/C25H23N3O6S/c1-5-34-24(31)21-15(4)26-25-27(22(21)16-8-7-14(3)18(11-16)28(32)33)23(30)20(35-25)12-17-10-13(2)6-9-19(17)29/h6-12,22,29H,5H2,1-4H3. The number of benzene rings is 2. The maximum atomic E-state index is 13.6. The molecule has 180 valence electrons. The van der Waals surface area contributed by atoms with Crippen LogP contribution in [0.3, 0.4) is 0 Å². The van der Waals surface area contributed by atoms with Gasteiger partial charge in [-0.2, -0.15) is 0 Å². The zero-order valence-electron chi connectivity index (χ0n) is 19.6. The summed E-state index contributed by atoms with van der Waals surface area (Å²) in [5, 5.41) is 21.9. The molecule has 0 saturated heterocycles. The number of nitro groups is 1. The first-order valence-corrected chi connectivity index (χ1v) is 11.7. The van der Waals surface area contributed by atoms with Gasteiger partial charge in [-0.1, -0.05) is 35.1 Å². The molecule has 0 fully saturated rings. The summed E-state index contributed by atoms with van der Waals surface area (Å²) in [5.41, 5.74) is 2.19. The fourth-order valence-electron chi connectivity index (χ4n) is 4.03. The highest BCUT2D eigenvalue weighted by Crippen LogP contribution is 2.33. The highest BCUT2D eigenvalue weighted by atomic mass is 32.1. The van der Waals surface area contributed by atoms with Crippen molar-refractivity contribution in [1.29, 1.82) is 0 Å². The van der Waals surface area contributed by atoms with Crippen molar-refractivity contribution in [2.24, 2.45) is 4.99 Å². The third-order valence-corrected chi connectivity index (χ3v) is 6.72. The molecule has 0 saturated carbocycles. The Labute approximate surface area is 204 Å². The van der Waals surface area contributed by atoms with Crippen LogP contribution in [0.25, 0.3) is 6.08 Å².